The molecule has 1 aliphatic heterocycles. The summed E-state index contributed by atoms with van der Waals surface area (Å²) in [5.74, 6) is -3.61. The zero-order chi connectivity index (χ0) is 17.4. The van der Waals surface area contributed by atoms with Gasteiger partial charge in [-0.3, -0.25) is 9.59 Å². The van der Waals surface area contributed by atoms with E-state index >= 15 is 0 Å². The predicted molar refractivity (Wildman–Crippen MR) is 69.1 cm³/mol. The van der Waals surface area contributed by atoms with Crippen LogP contribution >= 0.6 is 0 Å². The van der Waals surface area contributed by atoms with Crippen LogP contribution in [0.3, 0.4) is 0 Å². The number of halogens is 4. The van der Waals surface area contributed by atoms with Crippen molar-refractivity contribution in [2.24, 2.45) is 0 Å². The molecule has 126 valence electrons. The summed E-state index contributed by atoms with van der Waals surface area (Å²) in [6.45, 7) is 1.03. The molecule has 0 saturated heterocycles. The third kappa shape index (κ3) is 3.70. The Hall–Kier alpha value is -2.36. The lowest BCUT2D eigenvalue weighted by atomic mass is 10.1. The number of nitrogens with one attached hydrogen (secondary N) is 2. The smallest absolute Gasteiger partial charge is 0.428 e. The molecule has 3 N–H and O–H groups in total. The SMILES string of the molecule is CC(O)C(=O)N[C@@H]1C(=O)Nc2cc(F)ccc2O[C@@H]1C(F)(F)F. The second-order valence-electron chi connectivity index (χ2n) is 4.87. The highest BCUT2D eigenvalue weighted by Crippen LogP contribution is 2.35. The third-order valence-electron chi connectivity index (χ3n) is 3.04. The van der Waals surface area contributed by atoms with Gasteiger partial charge in [0.25, 0.3) is 5.91 Å². The summed E-state index contributed by atoms with van der Waals surface area (Å²) < 4.78 is 57.5. The highest BCUT2D eigenvalue weighted by atomic mass is 19.4. The number of alkyl halides is 3. The third-order valence-corrected chi connectivity index (χ3v) is 3.04. The van der Waals surface area contributed by atoms with E-state index in [-0.39, 0.29) is 5.69 Å². The van der Waals surface area contributed by atoms with Gasteiger partial charge in [0.2, 0.25) is 12.0 Å². The second-order valence-corrected chi connectivity index (χ2v) is 4.87. The van der Waals surface area contributed by atoms with Gasteiger partial charge in [0.1, 0.15) is 17.7 Å². The minimum atomic E-state index is -5.00. The second kappa shape index (κ2) is 6.03. The number of carbonyl (C=O) groups is 2. The van der Waals surface area contributed by atoms with Gasteiger partial charge in [-0.1, -0.05) is 0 Å². The van der Waals surface area contributed by atoms with Gasteiger partial charge in [-0.25, -0.2) is 4.39 Å². The number of rotatable bonds is 2. The topological polar surface area (TPSA) is 87.7 Å². The largest absolute Gasteiger partial charge is 0.476 e. The Balaban J connectivity index is 2.41. The van der Waals surface area contributed by atoms with E-state index in [1.807, 2.05) is 0 Å². The van der Waals surface area contributed by atoms with Crippen LogP contribution in [0.5, 0.6) is 5.75 Å². The van der Waals surface area contributed by atoms with Crippen molar-refractivity contribution in [2.45, 2.75) is 31.3 Å². The van der Waals surface area contributed by atoms with Crippen LogP contribution in [0.1, 0.15) is 6.92 Å². The molecular weight excluding hydrogens is 324 g/mol. The van der Waals surface area contributed by atoms with Gasteiger partial charge in [0.15, 0.2) is 6.04 Å². The molecule has 0 radical (unpaired) electrons. The van der Waals surface area contributed by atoms with E-state index in [0.717, 1.165) is 25.1 Å². The fourth-order valence-electron chi connectivity index (χ4n) is 1.93. The molecule has 0 aromatic heterocycles. The Morgan fingerprint density at radius 1 is 1.43 bits per heavy atom. The number of anilines is 1. The molecule has 1 aromatic rings. The first-order valence-electron chi connectivity index (χ1n) is 6.42. The molecule has 0 saturated carbocycles. The molecule has 1 aliphatic rings. The number of amides is 2. The molecule has 1 aromatic carbocycles. The van der Waals surface area contributed by atoms with Crippen molar-refractivity contribution in [3.63, 3.8) is 0 Å². The van der Waals surface area contributed by atoms with Gasteiger partial charge in [-0.05, 0) is 19.1 Å². The molecule has 0 bridgehead atoms. The summed E-state index contributed by atoms with van der Waals surface area (Å²) in [6, 6.07) is 0.447. The predicted octanol–water partition coefficient (Wildman–Crippen LogP) is 0.953. The quantitative estimate of drug-likeness (QED) is 0.702. The van der Waals surface area contributed by atoms with Gasteiger partial charge in [-0.15, -0.1) is 0 Å². The molecule has 1 heterocycles. The molecule has 2 rings (SSSR count). The lowest BCUT2D eigenvalue weighted by molar-refractivity contribution is -0.203. The Morgan fingerprint density at radius 3 is 2.65 bits per heavy atom. The van der Waals surface area contributed by atoms with Gasteiger partial charge in [0, 0.05) is 6.07 Å². The lowest BCUT2D eigenvalue weighted by Gasteiger charge is -2.27. The molecule has 23 heavy (non-hydrogen) atoms. The van der Waals surface area contributed by atoms with Crippen LogP contribution in [0.15, 0.2) is 18.2 Å². The van der Waals surface area contributed by atoms with E-state index in [9.17, 15) is 27.2 Å². The highest BCUT2D eigenvalue weighted by Gasteiger charge is 2.52. The summed E-state index contributed by atoms with van der Waals surface area (Å²) in [5.41, 5.74) is -0.293. The molecule has 10 heteroatoms. The van der Waals surface area contributed by atoms with Crippen LogP contribution in [0.2, 0.25) is 0 Å². The number of fused-ring (bicyclic) bond motifs is 1. The van der Waals surface area contributed by atoms with Gasteiger partial charge in [-0.2, -0.15) is 13.2 Å². The Bertz CT molecular complexity index is 633. The summed E-state index contributed by atoms with van der Waals surface area (Å²) in [4.78, 5) is 23.4. The summed E-state index contributed by atoms with van der Waals surface area (Å²) in [7, 11) is 0. The van der Waals surface area contributed by atoms with E-state index in [1.54, 1.807) is 5.32 Å². The average Bonchev–Trinajstić information content (AvgIpc) is 2.55. The maximum atomic E-state index is 13.2. The van der Waals surface area contributed by atoms with E-state index in [1.165, 1.54) is 0 Å². The van der Waals surface area contributed by atoms with Crippen molar-refractivity contribution in [1.82, 2.24) is 5.32 Å². The summed E-state index contributed by atoms with van der Waals surface area (Å²) in [5, 5.41) is 12.9. The lowest BCUT2D eigenvalue weighted by Crippen LogP contribution is -2.58. The molecule has 6 nitrogen and oxygen atoms in total. The first kappa shape index (κ1) is 17.0. The zero-order valence-corrected chi connectivity index (χ0v) is 11.6. The number of hydrogen-bond donors (Lipinski definition) is 3. The maximum Gasteiger partial charge on any atom is 0.428 e. The van der Waals surface area contributed by atoms with Crippen molar-refractivity contribution < 1.29 is 37.0 Å². The number of aliphatic hydroxyl groups is 1. The van der Waals surface area contributed by atoms with Gasteiger partial charge in [0.05, 0.1) is 5.69 Å². The van der Waals surface area contributed by atoms with Crippen LogP contribution < -0.4 is 15.4 Å². The van der Waals surface area contributed by atoms with Crippen molar-refractivity contribution in [3.05, 3.63) is 24.0 Å². The van der Waals surface area contributed by atoms with Gasteiger partial charge >= 0.3 is 6.18 Å². The fourth-order valence-corrected chi connectivity index (χ4v) is 1.93. The first-order valence-corrected chi connectivity index (χ1v) is 6.42. The fraction of sp³-hybridized carbons (Fsp3) is 0.385. The molecule has 3 atom stereocenters. The van der Waals surface area contributed by atoms with Crippen LogP contribution in [0.4, 0.5) is 23.2 Å². The maximum absolute atomic E-state index is 13.2. The number of aliphatic hydroxyl groups excluding tert-OH is 1. The number of ether oxygens (including phenoxy) is 1. The van der Waals surface area contributed by atoms with Crippen LogP contribution in [0, 0.1) is 5.82 Å². The minimum absolute atomic E-state index is 0.293. The average molecular weight is 336 g/mol. The summed E-state index contributed by atoms with van der Waals surface area (Å²) in [6.07, 6.45) is -9.32. The Morgan fingerprint density at radius 2 is 2.09 bits per heavy atom. The van der Waals surface area contributed by atoms with Gasteiger partial charge < -0.3 is 20.5 Å². The van der Waals surface area contributed by atoms with E-state index in [2.05, 4.69) is 5.32 Å². The van der Waals surface area contributed by atoms with Crippen LogP contribution in [-0.4, -0.2) is 41.3 Å². The van der Waals surface area contributed by atoms with E-state index < -0.39 is 47.8 Å². The molecule has 1 unspecified atom stereocenters. The Labute approximate surface area is 127 Å². The molecule has 2 amide bonds. The standard InChI is InChI=1S/C13H12F4N2O4/c1-5(20)11(21)19-9-10(13(15,16)17)23-8-3-2-6(14)4-7(8)18-12(9)22/h2-5,9-10,20H,1H3,(H,18,22)(H,19,21)/t5?,9-,10-/m0/s1. The number of hydrogen-bond acceptors (Lipinski definition) is 4. The van der Waals surface area contributed by atoms with Crippen LogP contribution in [0.25, 0.3) is 0 Å². The normalized spacial score (nSPS) is 22.3. The Kier molecular flexibility index (Phi) is 4.46. The summed E-state index contributed by atoms with van der Waals surface area (Å²) >= 11 is 0. The zero-order valence-electron chi connectivity index (χ0n) is 11.6. The number of carbonyl (C=O) groups excluding carboxylic acids is 2. The van der Waals surface area contributed by atoms with Crippen molar-refractivity contribution in [1.29, 1.82) is 0 Å². The molecule has 0 spiro atoms. The molecular formula is C13H12F4N2O4. The van der Waals surface area contributed by atoms with E-state index in [0.29, 0.717) is 0 Å². The molecule has 0 fully saturated rings. The van der Waals surface area contributed by atoms with E-state index in [4.69, 9.17) is 9.84 Å². The minimum Gasteiger partial charge on any atom is -0.476 e. The van der Waals surface area contributed by atoms with Crippen LogP contribution in [-0.2, 0) is 9.59 Å². The van der Waals surface area contributed by atoms with Crippen molar-refractivity contribution in [3.8, 4) is 5.75 Å². The highest BCUT2D eigenvalue weighted by molar-refractivity contribution is 5.99. The van der Waals surface area contributed by atoms with Crippen molar-refractivity contribution >= 4 is 17.5 Å². The van der Waals surface area contributed by atoms with Crippen molar-refractivity contribution in [2.75, 3.05) is 5.32 Å². The number of benzene rings is 1. The first-order chi connectivity index (χ1) is 10.6. The molecule has 0 aliphatic carbocycles. The monoisotopic (exact) mass is 336 g/mol.